The minimum atomic E-state index is -0.578. The van der Waals surface area contributed by atoms with Gasteiger partial charge in [0.05, 0.1) is 5.54 Å². The molecule has 0 heterocycles. The highest BCUT2D eigenvalue weighted by atomic mass is 16.3. The third-order valence-corrected chi connectivity index (χ3v) is 2.84. The van der Waals surface area contributed by atoms with Crippen molar-refractivity contribution in [2.45, 2.75) is 25.9 Å². The first kappa shape index (κ1) is 13.5. The van der Waals surface area contributed by atoms with Gasteiger partial charge in [0.2, 0.25) is 5.91 Å². The molecule has 0 atom stereocenters. The monoisotopic (exact) mass is 236 g/mol. The molecule has 4 heteroatoms. The zero-order valence-electron chi connectivity index (χ0n) is 10.8. The minimum Gasteiger partial charge on any atom is -0.508 e. The van der Waals surface area contributed by atoms with E-state index in [0.717, 1.165) is 5.56 Å². The second-order valence-electron chi connectivity index (χ2n) is 4.71. The third kappa shape index (κ3) is 3.46. The Bertz CT molecular complexity index is 402. The molecule has 0 saturated heterocycles. The van der Waals surface area contributed by atoms with Gasteiger partial charge < -0.3 is 15.3 Å². The molecule has 0 aromatic heterocycles. The highest BCUT2D eigenvalue weighted by molar-refractivity contribution is 5.85. The van der Waals surface area contributed by atoms with E-state index in [1.165, 1.54) is 0 Å². The van der Waals surface area contributed by atoms with Crippen molar-refractivity contribution in [2.24, 2.45) is 0 Å². The molecule has 0 radical (unpaired) electrons. The molecular weight excluding hydrogens is 216 g/mol. The van der Waals surface area contributed by atoms with E-state index in [1.54, 1.807) is 37.2 Å². The molecule has 4 nitrogen and oxygen atoms in total. The lowest BCUT2D eigenvalue weighted by molar-refractivity contribution is -0.136. The van der Waals surface area contributed by atoms with Crippen LogP contribution in [0, 0.1) is 0 Å². The number of rotatable bonds is 4. The van der Waals surface area contributed by atoms with Crippen molar-refractivity contribution in [1.29, 1.82) is 0 Å². The Balaban J connectivity index is 2.73. The highest BCUT2D eigenvalue weighted by Gasteiger charge is 2.28. The first-order valence-electron chi connectivity index (χ1n) is 5.59. The molecular formula is C13H20N2O2. The second kappa shape index (κ2) is 5.19. The number of benzene rings is 1. The number of likely N-dealkylation sites (N-methyl/N-ethyl adjacent to an activating group) is 2. The van der Waals surface area contributed by atoms with Crippen LogP contribution in [0.2, 0.25) is 0 Å². The van der Waals surface area contributed by atoms with Crippen LogP contribution >= 0.6 is 0 Å². The first-order valence-corrected chi connectivity index (χ1v) is 5.59. The van der Waals surface area contributed by atoms with E-state index in [2.05, 4.69) is 5.32 Å². The van der Waals surface area contributed by atoms with Gasteiger partial charge >= 0.3 is 0 Å². The van der Waals surface area contributed by atoms with Crippen molar-refractivity contribution in [3.63, 3.8) is 0 Å². The summed E-state index contributed by atoms with van der Waals surface area (Å²) in [5.74, 6) is 0.236. The average Bonchev–Trinajstić information content (AvgIpc) is 2.28. The second-order valence-corrected chi connectivity index (χ2v) is 4.71. The van der Waals surface area contributed by atoms with Gasteiger partial charge in [0.15, 0.2) is 0 Å². The van der Waals surface area contributed by atoms with Gasteiger partial charge in [-0.1, -0.05) is 12.1 Å². The molecule has 1 aromatic carbocycles. The SMILES string of the molecule is CNC(C)(C)C(=O)N(C)Cc1cccc(O)c1. The van der Waals surface area contributed by atoms with Gasteiger partial charge in [-0.05, 0) is 38.6 Å². The van der Waals surface area contributed by atoms with Crippen molar-refractivity contribution in [1.82, 2.24) is 10.2 Å². The lowest BCUT2D eigenvalue weighted by atomic mass is 10.0. The first-order chi connectivity index (χ1) is 7.86. The lowest BCUT2D eigenvalue weighted by Crippen LogP contribution is -2.51. The smallest absolute Gasteiger partial charge is 0.242 e. The minimum absolute atomic E-state index is 0.0170. The molecule has 2 N–H and O–H groups in total. The third-order valence-electron chi connectivity index (χ3n) is 2.84. The molecule has 94 valence electrons. The Labute approximate surface area is 102 Å². The normalized spacial score (nSPS) is 11.3. The Hall–Kier alpha value is -1.55. The van der Waals surface area contributed by atoms with Crippen LogP contribution in [-0.4, -0.2) is 35.5 Å². The summed E-state index contributed by atoms with van der Waals surface area (Å²) in [5.41, 5.74) is 0.332. The molecule has 1 aromatic rings. The summed E-state index contributed by atoms with van der Waals surface area (Å²) in [6, 6.07) is 6.93. The number of carbonyl (C=O) groups excluding carboxylic acids is 1. The van der Waals surface area contributed by atoms with Crippen molar-refractivity contribution < 1.29 is 9.90 Å². The number of phenols is 1. The summed E-state index contributed by atoms with van der Waals surface area (Å²) in [4.78, 5) is 13.7. The Morgan fingerprint density at radius 2 is 2.12 bits per heavy atom. The van der Waals surface area contributed by atoms with Crippen LogP contribution in [0.3, 0.4) is 0 Å². The molecule has 0 saturated carbocycles. The molecule has 0 fully saturated rings. The predicted octanol–water partition coefficient (Wildman–Crippen LogP) is 1.35. The van der Waals surface area contributed by atoms with Crippen LogP contribution < -0.4 is 5.32 Å². The Morgan fingerprint density at radius 1 is 1.47 bits per heavy atom. The van der Waals surface area contributed by atoms with Crippen molar-refractivity contribution in [3.8, 4) is 5.75 Å². The number of aromatic hydroxyl groups is 1. The molecule has 1 rings (SSSR count). The number of carbonyl (C=O) groups is 1. The van der Waals surface area contributed by atoms with Crippen LogP contribution in [0.25, 0.3) is 0 Å². The zero-order valence-corrected chi connectivity index (χ0v) is 10.8. The van der Waals surface area contributed by atoms with E-state index in [-0.39, 0.29) is 11.7 Å². The van der Waals surface area contributed by atoms with Crippen molar-refractivity contribution in [3.05, 3.63) is 29.8 Å². The van der Waals surface area contributed by atoms with Crippen molar-refractivity contribution >= 4 is 5.91 Å². The number of hydrogen-bond acceptors (Lipinski definition) is 3. The van der Waals surface area contributed by atoms with E-state index in [9.17, 15) is 9.90 Å². The van der Waals surface area contributed by atoms with E-state index < -0.39 is 5.54 Å². The fourth-order valence-corrected chi connectivity index (χ4v) is 1.58. The summed E-state index contributed by atoms with van der Waals surface area (Å²) in [7, 11) is 3.52. The summed E-state index contributed by atoms with van der Waals surface area (Å²) in [6.45, 7) is 4.17. The number of amides is 1. The van der Waals surface area contributed by atoms with Gasteiger partial charge in [0.25, 0.3) is 0 Å². The van der Waals surface area contributed by atoms with Gasteiger partial charge in [-0.15, -0.1) is 0 Å². The number of nitrogens with one attached hydrogen (secondary N) is 1. The summed E-state index contributed by atoms with van der Waals surface area (Å²) < 4.78 is 0. The molecule has 0 bridgehead atoms. The topological polar surface area (TPSA) is 52.6 Å². The summed E-state index contributed by atoms with van der Waals surface area (Å²) >= 11 is 0. The van der Waals surface area contributed by atoms with Gasteiger partial charge in [0, 0.05) is 13.6 Å². The highest BCUT2D eigenvalue weighted by Crippen LogP contribution is 2.14. The van der Waals surface area contributed by atoms with Crippen LogP contribution in [-0.2, 0) is 11.3 Å². The Morgan fingerprint density at radius 3 is 2.65 bits per heavy atom. The lowest BCUT2D eigenvalue weighted by Gasteiger charge is -2.29. The molecule has 0 aliphatic heterocycles. The fraction of sp³-hybridized carbons (Fsp3) is 0.462. The van der Waals surface area contributed by atoms with Crippen LogP contribution in [0.4, 0.5) is 0 Å². The Kier molecular flexibility index (Phi) is 4.12. The molecule has 17 heavy (non-hydrogen) atoms. The van der Waals surface area contributed by atoms with Crippen LogP contribution in [0.15, 0.2) is 24.3 Å². The average molecular weight is 236 g/mol. The fourth-order valence-electron chi connectivity index (χ4n) is 1.58. The van der Waals surface area contributed by atoms with E-state index in [4.69, 9.17) is 0 Å². The van der Waals surface area contributed by atoms with E-state index in [1.807, 2.05) is 19.9 Å². The molecule has 0 aliphatic carbocycles. The maximum absolute atomic E-state index is 12.1. The van der Waals surface area contributed by atoms with Gasteiger partial charge in [0.1, 0.15) is 5.75 Å². The quantitative estimate of drug-likeness (QED) is 0.829. The maximum atomic E-state index is 12.1. The molecule has 0 unspecified atom stereocenters. The van der Waals surface area contributed by atoms with Gasteiger partial charge in [-0.25, -0.2) is 0 Å². The maximum Gasteiger partial charge on any atom is 0.242 e. The van der Waals surface area contributed by atoms with Gasteiger partial charge in [-0.3, -0.25) is 4.79 Å². The number of nitrogens with zero attached hydrogens (tertiary/aromatic N) is 1. The van der Waals surface area contributed by atoms with E-state index >= 15 is 0 Å². The standard InChI is InChI=1S/C13H20N2O2/c1-13(2,14-3)12(17)15(4)9-10-6-5-7-11(16)8-10/h5-8,14,16H,9H2,1-4H3. The largest absolute Gasteiger partial charge is 0.508 e. The molecule has 0 aliphatic rings. The number of hydrogen-bond donors (Lipinski definition) is 2. The predicted molar refractivity (Wildman–Crippen MR) is 67.7 cm³/mol. The van der Waals surface area contributed by atoms with Crippen molar-refractivity contribution in [2.75, 3.05) is 14.1 Å². The van der Waals surface area contributed by atoms with E-state index in [0.29, 0.717) is 6.54 Å². The summed E-state index contributed by atoms with van der Waals surface area (Å²) in [5, 5.41) is 12.3. The van der Waals surface area contributed by atoms with Crippen LogP contribution in [0.5, 0.6) is 5.75 Å². The molecule has 1 amide bonds. The molecule has 0 spiro atoms. The van der Waals surface area contributed by atoms with Gasteiger partial charge in [-0.2, -0.15) is 0 Å². The van der Waals surface area contributed by atoms with Crippen LogP contribution in [0.1, 0.15) is 19.4 Å². The number of phenolic OH excluding ortho intramolecular Hbond substituents is 1. The summed E-state index contributed by atoms with van der Waals surface area (Å²) in [6.07, 6.45) is 0. The zero-order chi connectivity index (χ0) is 13.1.